The predicted molar refractivity (Wildman–Crippen MR) is 82.1 cm³/mol. The summed E-state index contributed by atoms with van der Waals surface area (Å²) < 4.78 is 5.23. The molecule has 0 radical (unpaired) electrons. The molecule has 2 aliphatic rings. The Hall–Kier alpha value is -0.690. The molecule has 0 aliphatic carbocycles. The van der Waals surface area contributed by atoms with Crippen LogP contribution in [0.25, 0.3) is 0 Å². The molecule has 2 saturated heterocycles. The highest BCUT2D eigenvalue weighted by molar-refractivity contribution is 7.15. The summed E-state index contributed by atoms with van der Waals surface area (Å²) in [5.74, 6) is 0. The van der Waals surface area contributed by atoms with Crippen molar-refractivity contribution in [3.05, 3.63) is 10.6 Å². The zero-order valence-corrected chi connectivity index (χ0v) is 13.0. The minimum absolute atomic E-state index is 0.555. The van der Waals surface area contributed by atoms with E-state index in [1.54, 1.807) is 18.4 Å². The van der Waals surface area contributed by atoms with E-state index in [-0.39, 0.29) is 0 Å². The van der Waals surface area contributed by atoms with Gasteiger partial charge in [0.05, 0.1) is 12.3 Å². The smallest absolute Gasteiger partial charge is 0.185 e. The molecule has 0 amide bonds. The van der Waals surface area contributed by atoms with E-state index in [1.807, 2.05) is 0 Å². The molecule has 1 aromatic rings. The first-order valence-corrected chi connectivity index (χ1v) is 8.30. The first-order valence-electron chi connectivity index (χ1n) is 7.48. The van der Waals surface area contributed by atoms with Gasteiger partial charge in [-0.2, -0.15) is 0 Å². The van der Waals surface area contributed by atoms with E-state index in [2.05, 4.69) is 9.80 Å². The minimum Gasteiger partial charge on any atom is -0.378 e. The van der Waals surface area contributed by atoms with Crippen molar-refractivity contribution in [2.45, 2.75) is 38.5 Å². The van der Waals surface area contributed by atoms with Crippen molar-refractivity contribution in [3.63, 3.8) is 0 Å². The lowest BCUT2D eigenvalue weighted by molar-refractivity contribution is 0.181. The lowest BCUT2D eigenvalue weighted by Crippen LogP contribution is -2.36. The molecule has 5 nitrogen and oxygen atoms in total. The lowest BCUT2D eigenvalue weighted by atomic mass is 10.2. The molecule has 1 aromatic heterocycles. The number of nitrogens with zero attached hydrogens (tertiary/aromatic N) is 3. The van der Waals surface area contributed by atoms with E-state index in [9.17, 15) is 0 Å². The standard InChI is InChI=1S/C14H24N4OS/c1-19-10-12-13(8-15)20-14(16-12)18-7-3-6-17-5-2-4-11(17)9-18/h11H,2-10,15H2,1H3. The van der Waals surface area contributed by atoms with Crippen LogP contribution in [-0.4, -0.2) is 49.2 Å². The van der Waals surface area contributed by atoms with Crippen molar-refractivity contribution < 1.29 is 4.74 Å². The van der Waals surface area contributed by atoms with Gasteiger partial charge in [0.15, 0.2) is 5.13 Å². The molecule has 2 fully saturated rings. The molecule has 0 bridgehead atoms. The minimum atomic E-state index is 0.555. The van der Waals surface area contributed by atoms with Crippen LogP contribution in [0.4, 0.5) is 5.13 Å². The second-order valence-corrected chi connectivity index (χ2v) is 6.70. The maximum atomic E-state index is 5.83. The number of nitrogens with two attached hydrogens (primary N) is 1. The lowest BCUT2D eigenvalue weighted by Gasteiger charge is -2.25. The average molecular weight is 296 g/mol. The van der Waals surface area contributed by atoms with Crippen LogP contribution in [0, 0.1) is 0 Å². The third-order valence-electron chi connectivity index (χ3n) is 4.31. The average Bonchev–Trinajstić information content (AvgIpc) is 3.01. The van der Waals surface area contributed by atoms with Gasteiger partial charge in [0.2, 0.25) is 0 Å². The van der Waals surface area contributed by atoms with Gasteiger partial charge in [-0.25, -0.2) is 4.98 Å². The molecule has 6 heteroatoms. The van der Waals surface area contributed by atoms with Crippen LogP contribution in [0.15, 0.2) is 0 Å². The van der Waals surface area contributed by atoms with Gasteiger partial charge in [-0.15, -0.1) is 11.3 Å². The van der Waals surface area contributed by atoms with Crippen LogP contribution in [0.2, 0.25) is 0 Å². The normalized spacial score (nSPS) is 23.9. The molecular formula is C14H24N4OS. The summed E-state index contributed by atoms with van der Waals surface area (Å²) in [5.41, 5.74) is 6.84. The van der Waals surface area contributed by atoms with Gasteiger partial charge in [0.1, 0.15) is 0 Å². The number of hydrogen-bond donors (Lipinski definition) is 1. The van der Waals surface area contributed by atoms with Crippen molar-refractivity contribution in [2.75, 3.05) is 38.2 Å². The third kappa shape index (κ3) is 2.83. The fourth-order valence-corrected chi connectivity index (χ4v) is 4.27. The number of hydrogen-bond acceptors (Lipinski definition) is 6. The predicted octanol–water partition coefficient (Wildman–Crippen LogP) is 1.42. The van der Waals surface area contributed by atoms with Crippen LogP contribution in [0.3, 0.4) is 0 Å². The Kier molecular flexibility index (Phi) is 4.55. The number of aromatic nitrogens is 1. The van der Waals surface area contributed by atoms with Gasteiger partial charge >= 0.3 is 0 Å². The summed E-state index contributed by atoms with van der Waals surface area (Å²) >= 11 is 1.74. The van der Waals surface area contributed by atoms with Gasteiger partial charge in [0, 0.05) is 44.2 Å². The highest BCUT2D eigenvalue weighted by Gasteiger charge is 2.30. The molecule has 2 N–H and O–H groups in total. The molecule has 0 spiro atoms. The molecule has 2 aliphatic heterocycles. The Morgan fingerprint density at radius 2 is 2.20 bits per heavy atom. The Balaban J connectivity index is 1.77. The van der Waals surface area contributed by atoms with Crippen LogP contribution in [0.5, 0.6) is 0 Å². The SMILES string of the molecule is COCc1nc(N2CCCN3CCCC3C2)sc1CN. The van der Waals surface area contributed by atoms with Crippen LogP contribution in [0.1, 0.15) is 29.8 Å². The zero-order chi connectivity index (χ0) is 13.9. The van der Waals surface area contributed by atoms with E-state index < -0.39 is 0 Å². The summed E-state index contributed by atoms with van der Waals surface area (Å²) in [6.07, 6.45) is 3.91. The third-order valence-corrected chi connectivity index (χ3v) is 5.49. The molecule has 1 unspecified atom stereocenters. The van der Waals surface area contributed by atoms with Gasteiger partial charge < -0.3 is 15.4 Å². The quantitative estimate of drug-likeness (QED) is 0.911. The summed E-state index contributed by atoms with van der Waals surface area (Å²) in [6.45, 7) is 5.85. The molecule has 3 heterocycles. The van der Waals surface area contributed by atoms with E-state index >= 15 is 0 Å². The summed E-state index contributed by atoms with van der Waals surface area (Å²) in [4.78, 5) is 11.0. The molecule has 0 saturated carbocycles. The largest absolute Gasteiger partial charge is 0.378 e. The van der Waals surface area contributed by atoms with E-state index in [1.165, 1.54) is 32.4 Å². The zero-order valence-electron chi connectivity index (χ0n) is 12.2. The van der Waals surface area contributed by atoms with Crippen molar-refractivity contribution in [1.29, 1.82) is 0 Å². The number of methoxy groups -OCH3 is 1. The second kappa shape index (κ2) is 6.39. The Morgan fingerprint density at radius 3 is 3.00 bits per heavy atom. The number of thiazole rings is 1. The second-order valence-electron chi connectivity index (χ2n) is 5.64. The Morgan fingerprint density at radius 1 is 1.35 bits per heavy atom. The molecule has 112 valence electrons. The Labute approximate surface area is 124 Å². The van der Waals surface area contributed by atoms with Gasteiger partial charge in [-0.1, -0.05) is 0 Å². The summed E-state index contributed by atoms with van der Waals surface area (Å²) in [5, 5.41) is 1.13. The fraction of sp³-hybridized carbons (Fsp3) is 0.786. The van der Waals surface area contributed by atoms with E-state index in [0.717, 1.165) is 28.8 Å². The molecule has 0 aromatic carbocycles. The topological polar surface area (TPSA) is 54.6 Å². The fourth-order valence-electron chi connectivity index (χ4n) is 3.29. The molecular weight excluding hydrogens is 272 g/mol. The molecule has 1 atom stereocenters. The summed E-state index contributed by atoms with van der Waals surface area (Å²) in [7, 11) is 1.71. The van der Waals surface area contributed by atoms with E-state index in [4.69, 9.17) is 15.5 Å². The number of anilines is 1. The number of ether oxygens (including phenoxy) is 1. The van der Waals surface area contributed by atoms with Crippen molar-refractivity contribution >= 4 is 16.5 Å². The maximum Gasteiger partial charge on any atom is 0.185 e. The van der Waals surface area contributed by atoms with Crippen LogP contribution < -0.4 is 10.6 Å². The molecule has 3 rings (SSSR count). The Bertz CT molecular complexity index is 450. The van der Waals surface area contributed by atoms with Crippen LogP contribution >= 0.6 is 11.3 Å². The first-order chi connectivity index (χ1) is 9.81. The van der Waals surface area contributed by atoms with Gasteiger partial charge in [-0.3, -0.25) is 4.90 Å². The first kappa shape index (κ1) is 14.3. The van der Waals surface area contributed by atoms with Gasteiger partial charge in [-0.05, 0) is 25.8 Å². The number of fused-ring (bicyclic) bond motifs is 1. The van der Waals surface area contributed by atoms with Crippen molar-refractivity contribution in [3.8, 4) is 0 Å². The maximum absolute atomic E-state index is 5.83. The summed E-state index contributed by atoms with van der Waals surface area (Å²) in [6, 6.07) is 0.716. The van der Waals surface area contributed by atoms with Crippen molar-refractivity contribution in [2.24, 2.45) is 5.73 Å². The highest BCUT2D eigenvalue weighted by Crippen LogP contribution is 2.30. The van der Waals surface area contributed by atoms with Crippen molar-refractivity contribution in [1.82, 2.24) is 9.88 Å². The number of rotatable bonds is 4. The van der Waals surface area contributed by atoms with E-state index in [0.29, 0.717) is 19.2 Å². The van der Waals surface area contributed by atoms with Crippen LogP contribution in [-0.2, 0) is 17.9 Å². The molecule has 20 heavy (non-hydrogen) atoms. The van der Waals surface area contributed by atoms with Gasteiger partial charge in [0.25, 0.3) is 0 Å². The monoisotopic (exact) mass is 296 g/mol. The highest BCUT2D eigenvalue weighted by atomic mass is 32.1.